The second-order valence-corrected chi connectivity index (χ2v) is 8.76. The number of amides is 1. The number of sulfonamides is 1. The molecule has 8 heteroatoms. The maximum atomic E-state index is 12.2. The molecule has 0 heterocycles. The molecule has 2 N–H and O–H groups in total. The minimum Gasteiger partial charge on any atom is -0.455 e. The summed E-state index contributed by atoms with van der Waals surface area (Å²) in [6, 6.07) is 26.1. The van der Waals surface area contributed by atoms with Crippen molar-refractivity contribution < 1.29 is 22.7 Å². The van der Waals surface area contributed by atoms with Crippen molar-refractivity contribution in [2.45, 2.75) is 6.42 Å². The molecule has 1 amide bonds. The third-order valence-electron chi connectivity index (χ3n) is 4.55. The second-order valence-electron chi connectivity index (χ2n) is 7.11. The molecule has 0 radical (unpaired) electrons. The molecule has 3 aromatic carbocycles. The first-order chi connectivity index (χ1) is 15.9. The van der Waals surface area contributed by atoms with Crippen molar-refractivity contribution in [1.29, 1.82) is 0 Å². The van der Waals surface area contributed by atoms with Gasteiger partial charge in [-0.3, -0.25) is 9.59 Å². The molecule has 3 rings (SSSR count). The lowest BCUT2D eigenvalue weighted by Crippen LogP contribution is -2.31. The van der Waals surface area contributed by atoms with Crippen LogP contribution in [0, 0.1) is 0 Å². The van der Waals surface area contributed by atoms with Gasteiger partial charge in [0.15, 0.2) is 6.61 Å². The van der Waals surface area contributed by atoms with Gasteiger partial charge in [-0.2, -0.15) is 0 Å². The molecule has 170 valence electrons. The molecular formula is C25H24N2O5S. The zero-order valence-corrected chi connectivity index (χ0v) is 18.6. The van der Waals surface area contributed by atoms with Crippen LogP contribution in [0.25, 0.3) is 6.08 Å². The van der Waals surface area contributed by atoms with Gasteiger partial charge in [0, 0.05) is 11.1 Å². The van der Waals surface area contributed by atoms with Gasteiger partial charge < -0.3 is 10.1 Å². The van der Waals surface area contributed by atoms with Gasteiger partial charge >= 0.3 is 5.97 Å². The summed E-state index contributed by atoms with van der Waals surface area (Å²) in [5.41, 5.74) is 3.34. The Labute approximate surface area is 193 Å². The van der Waals surface area contributed by atoms with Crippen LogP contribution in [-0.2, 0) is 30.8 Å². The molecule has 0 fully saturated rings. The lowest BCUT2D eigenvalue weighted by molar-refractivity contribution is -0.146. The molecule has 0 unspecified atom stereocenters. The highest BCUT2D eigenvalue weighted by molar-refractivity contribution is 7.92. The number of anilines is 1. The van der Waals surface area contributed by atoms with E-state index in [4.69, 9.17) is 4.74 Å². The largest absolute Gasteiger partial charge is 0.455 e. The molecular weight excluding hydrogens is 440 g/mol. The maximum Gasteiger partial charge on any atom is 0.321 e. The topological polar surface area (TPSA) is 102 Å². The summed E-state index contributed by atoms with van der Waals surface area (Å²) in [5, 5.41) is 3.70. The summed E-state index contributed by atoms with van der Waals surface area (Å²) < 4.78 is 31.0. The van der Waals surface area contributed by atoms with Crippen LogP contribution in [0.4, 0.5) is 5.69 Å². The fourth-order valence-corrected chi connectivity index (χ4v) is 3.69. The predicted molar refractivity (Wildman–Crippen MR) is 128 cm³/mol. The fraction of sp³-hybridized carbons (Fsp3) is 0.120. The normalized spacial score (nSPS) is 11.3. The van der Waals surface area contributed by atoms with Crippen LogP contribution in [0.2, 0.25) is 0 Å². The Morgan fingerprint density at radius 3 is 2.21 bits per heavy atom. The van der Waals surface area contributed by atoms with Gasteiger partial charge in [0.05, 0.1) is 0 Å². The molecule has 0 aliphatic rings. The lowest BCUT2D eigenvalue weighted by Gasteiger charge is -2.11. The van der Waals surface area contributed by atoms with Crippen LogP contribution in [0.1, 0.15) is 16.7 Å². The van der Waals surface area contributed by atoms with Gasteiger partial charge in [-0.1, -0.05) is 78.9 Å². The first-order valence-electron chi connectivity index (χ1n) is 10.2. The molecule has 7 nitrogen and oxygen atoms in total. The molecule has 33 heavy (non-hydrogen) atoms. The standard InChI is InChI=1S/C25H24N2O5S/c28-24(27-23-14-8-7-13-22(23)17-21-11-5-2-6-12-21)19-32-25(29)18-26-33(30,31)16-15-20-9-3-1-4-10-20/h1-16,26H,17-19H2,(H,27,28)/b16-15+. The Morgan fingerprint density at radius 2 is 1.48 bits per heavy atom. The van der Waals surface area contributed by atoms with Crippen LogP contribution in [0.3, 0.4) is 0 Å². The van der Waals surface area contributed by atoms with Crippen LogP contribution in [0.15, 0.2) is 90.3 Å². The van der Waals surface area contributed by atoms with Crippen LogP contribution < -0.4 is 10.0 Å². The Balaban J connectivity index is 1.46. The minimum absolute atomic E-state index is 0.518. The molecule has 0 saturated heterocycles. The predicted octanol–water partition coefficient (Wildman–Crippen LogP) is 3.35. The number of para-hydroxylation sites is 1. The summed E-state index contributed by atoms with van der Waals surface area (Å²) in [6.07, 6.45) is 2.05. The van der Waals surface area contributed by atoms with Crippen molar-refractivity contribution in [3.63, 3.8) is 0 Å². The molecule has 0 spiro atoms. The van der Waals surface area contributed by atoms with Crippen LogP contribution in [-0.4, -0.2) is 33.4 Å². The van der Waals surface area contributed by atoms with E-state index < -0.39 is 35.1 Å². The second kappa shape index (κ2) is 11.8. The smallest absolute Gasteiger partial charge is 0.321 e. The monoisotopic (exact) mass is 464 g/mol. The lowest BCUT2D eigenvalue weighted by atomic mass is 10.0. The van der Waals surface area contributed by atoms with E-state index in [0.717, 1.165) is 16.5 Å². The number of carbonyl (C=O) groups is 2. The third kappa shape index (κ3) is 8.36. The zero-order valence-electron chi connectivity index (χ0n) is 17.8. The molecule has 0 bridgehead atoms. The molecule has 3 aromatic rings. The number of nitrogens with one attached hydrogen (secondary N) is 2. The summed E-state index contributed by atoms with van der Waals surface area (Å²) in [7, 11) is -3.83. The Morgan fingerprint density at radius 1 is 0.848 bits per heavy atom. The molecule has 0 atom stereocenters. The van der Waals surface area contributed by atoms with E-state index in [1.54, 1.807) is 36.4 Å². The van der Waals surface area contributed by atoms with Gasteiger partial charge in [0.1, 0.15) is 6.54 Å². The van der Waals surface area contributed by atoms with Crippen LogP contribution in [0.5, 0.6) is 0 Å². The van der Waals surface area contributed by atoms with E-state index in [1.165, 1.54) is 6.08 Å². The summed E-state index contributed by atoms with van der Waals surface area (Å²) in [4.78, 5) is 24.1. The molecule has 0 aromatic heterocycles. The van der Waals surface area contributed by atoms with Gasteiger partial charge in [0.25, 0.3) is 5.91 Å². The van der Waals surface area contributed by atoms with E-state index >= 15 is 0 Å². The Bertz CT molecular complexity index is 1210. The van der Waals surface area contributed by atoms with Gasteiger partial charge in [0.2, 0.25) is 10.0 Å². The first kappa shape index (κ1) is 23.9. The van der Waals surface area contributed by atoms with Gasteiger partial charge in [-0.25, -0.2) is 13.1 Å². The zero-order chi connectivity index (χ0) is 23.5. The van der Waals surface area contributed by atoms with E-state index in [0.29, 0.717) is 17.7 Å². The molecule has 0 saturated carbocycles. The Kier molecular flexibility index (Phi) is 8.51. The number of hydrogen-bond acceptors (Lipinski definition) is 5. The highest BCUT2D eigenvalue weighted by atomic mass is 32.2. The summed E-state index contributed by atoms with van der Waals surface area (Å²) in [5.74, 6) is -1.38. The number of rotatable bonds is 10. The van der Waals surface area contributed by atoms with Crippen molar-refractivity contribution in [3.05, 3.63) is 107 Å². The first-order valence-corrected chi connectivity index (χ1v) is 11.8. The van der Waals surface area contributed by atoms with E-state index in [1.807, 2.05) is 48.5 Å². The minimum atomic E-state index is -3.83. The van der Waals surface area contributed by atoms with Crippen molar-refractivity contribution in [2.24, 2.45) is 0 Å². The number of benzene rings is 3. The fourth-order valence-electron chi connectivity index (χ4n) is 2.94. The summed E-state index contributed by atoms with van der Waals surface area (Å²) in [6.45, 7) is -1.11. The third-order valence-corrected chi connectivity index (χ3v) is 5.59. The number of hydrogen-bond donors (Lipinski definition) is 2. The van der Waals surface area contributed by atoms with Crippen molar-refractivity contribution >= 4 is 33.7 Å². The molecule has 0 aliphatic carbocycles. The highest BCUT2D eigenvalue weighted by Crippen LogP contribution is 2.19. The van der Waals surface area contributed by atoms with E-state index in [9.17, 15) is 18.0 Å². The van der Waals surface area contributed by atoms with E-state index in [-0.39, 0.29) is 0 Å². The van der Waals surface area contributed by atoms with Gasteiger partial charge in [-0.15, -0.1) is 0 Å². The van der Waals surface area contributed by atoms with Crippen molar-refractivity contribution in [1.82, 2.24) is 4.72 Å². The highest BCUT2D eigenvalue weighted by Gasteiger charge is 2.13. The van der Waals surface area contributed by atoms with Crippen molar-refractivity contribution in [3.8, 4) is 0 Å². The van der Waals surface area contributed by atoms with E-state index in [2.05, 4.69) is 10.0 Å². The average Bonchev–Trinajstić information content (AvgIpc) is 2.83. The Hall–Kier alpha value is -3.75. The van der Waals surface area contributed by atoms with Gasteiger partial charge in [-0.05, 0) is 35.3 Å². The maximum absolute atomic E-state index is 12.2. The number of ether oxygens (including phenoxy) is 1. The quantitative estimate of drug-likeness (QED) is 0.448. The molecule has 0 aliphatic heterocycles. The van der Waals surface area contributed by atoms with Crippen LogP contribution >= 0.6 is 0 Å². The van der Waals surface area contributed by atoms with Crippen molar-refractivity contribution in [2.75, 3.05) is 18.5 Å². The number of esters is 1. The number of carbonyl (C=O) groups excluding carboxylic acids is 2. The average molecular weight is 465 g/mol. The SMILES string of the molecule is O=C(COC(=O)CNS(=O)(=O)/C=C/c1ccccc1)Nc1ccccc1Cc1ccccc1. The summed E-state index contributed by atoms with van der Waals surface area (Å²) >= 11 is 0.